The minimum absolute atomic E-state index is 0.137. The van der Waals surface area contributed by atoms with E-state index >= 15 is 0 Å². The van der Waals surface area contributed by atoms with Gasteiger partial charge in [0.25, 0.3) is 0 Å². The van der Waals surface area contributed by atoms with Crippen LogP contribution in [0.15, 0.2) is 0 Å². The summed E-state index contributed by atoms with van der Waals surface area (Å²) >= 11 is 0. The number of hydrogen-bond donors (Lipinski definition) is 2. The van der Waals surface area contributed by atoms with E-state index in [1.165, 1.54) is 11.9 Å². The SMILES string of the molecule is CNC(=O)N1CC(C)(C)NC(C)(C)CC1=O. The Morgan fingerprint density at radius 1 is 1.31 bits per heavy atom. The monoisotopic (exact) mass is 227 g/mol. The van der Waals surface area contributed by atoms with Crippen LogP contribution in [0, 0.1) is 0 Å². The molecule has 0 aromatic carbocycles. The fourth-order valence-corrected chi connectivity index (χ4v) is 2.28. The van der Waals surface area contributed by atoms with Crippen molar-refractivity contribution in [2.45, 2.75) is 45.2 Å². The molecule has 1 heterocycles. The summed E-state index contributed by atoms with van der Waals surface area (Å²) in [7, 11) is 1.53. The van der Waals surface area contributed by atoms with Crippen molar-refractivity contribution in [3.8, 4) is 0 Å². The van der Waals surface area contributed by atoms with Gasteiger partial charge >= 0.3 is 6.03 Å². The molecule has 5 nitrogen and oxygen atoms in total. The Balaban J connectivity index is 2.97. The second kappa shape index (κ2) is 4.05. The van der Waals surface area contributed by atoms with Crippen LogP contribution in [0.3, 0.4) is 0 Å². The molecular weight excluding hydrogens is 206 g/mol. The van der Waals surface area contributed by atoms with Gasteiger partial charge in [0.1, 0.15) is 0 Å². The lowest BCUT2D eigenvalue weighted by molar-refractivity contribution is -0.128. The number of urea groups is 1. The zero-order valence-corrected chi connectivity index (χ0v) is 10.7. The first-order valence-corrected chi connectivity index (χ1v) is 5.48. The first-order valence-electron chi connectivity index (χ1n) is 5.48. The van der Waals surface area contributed by atoms with Crippen molar-refractivity contribution in [1.29, 1.82) is 0 Å². The minimum Gasteiger partial charge on any atom is -0.341 e. The number of rotatable bonds is 0. The minimum atomic E-state index is -0.336. The second-order valence-corrected chi connectivity index (χ2v) is 5.60. The second-order valence-electron chi connectivity index (χ2n) is 5.60. The lowest BCUT2D eigenvalue weighted by atomic mass is 9.96. The molecule has 2 N–H and O–H groups in total. The number of nitrogens with one attached hydrogen (secondary N) is 2. The zero-order chi connectivity index (χ0) is 12.6. The molecule has 0 bridgehead atoms. The summed E-state index contributed by atoms with van der Waals surface area (Å²) in [5.41, 5.74) is -0.564. The third-order valence-corrected chi connectivity index (χ3v) is 2.58. The molecule has 1 aliphatic heterocycles. The highest BCUT2D eigenvalue weighted by Crippen LogP contribution is 2.22. The molecule has 0 aromatic rings. The first-order chi connectivity index (χ1) is 7.17. The molecule has 1 rings (SSSR count). The summed E-state index contributed by atoms with van der Waals surface area (Å²) in [5, 5.41) is 5.89. The number of nitrogens with zero attached hydrogens (tertiary/aromatic N) is 1. The van der Waals surface area contributed by atoms with E-state index in [0.717, 1.165) is 0 Å². The standard InChI is InChI=1S/C11H21N3O2/c1-10(2)6-8(15)14(9(16)12-5)7-11(3,4)13-10/h13H,6-7H2,1-5H3,(H,12,16). The molecule has 0 aromatic heterocycles. The molecule has 1 aliphatic rings. The van der Waals surface area contributed by atoms with Crippen LogP contribution in [-0.4, -0.2) is 41.5 Å². The molecule has 0 aliphatic carbocycles. The van der Waals surface area contributed by atoms with Gasteiger partial charge in [-0.1, -0.05) is 0 Å². The lowest BCUT2D eigenvalue weighted by Gasteiger charge is -2.34. The number of hydrogen-bond acceptors (Lipinski definition) is 3. The fourth-order valence-electron chi connectivity index (χ4n) is 2.28. The summed E-state index contributed by atoms with van der Waals surface area (Å²) in [5.74, 6) is -0.137. The molecule has 16 heavy (non-hydrogen) atoms. The molecule has 3 amide bonds. The van der Waals surface area contributed by atoms with Crippen LogP contribution in [-0.2, 0) is 4.79 Å². The molecule has 0 unspecified atom stereocenters. The van der Waals surface area contributed by atoms with Crippen molar-refractivity contribution in [3.63, 3.8) is 0 Å². The summed E-state index contributed by atoms with van der Waals surface area (Å²) < 4.78 is 0. The van der Waals surface area contributed by atoms with Gasteiger partial charge in [-0.3, -0.25) is 9.69 Å². The molecule has 0 saturated carbocycles. The Morgan fingerprint density at radius 2 is 1.88 bits per heavy atom. The van der Waals surface area contributed by atoms with Gasteiger partial charge in [-0.15, -0.1) is 0 Å². The van der Waals surface area contributed by atoms with Crippen LogP contribution in [0.1, 0.15) is 34.1 Å². The maximum atomic E-state index is 11.9. The van der Waals surface area contributed by atoms with Gasteiger partial charge < -0.3 is 10.6 Å². The van der Waals surface area contributed by atoms with Crippen LogP contribution >= 0.6 is 0 Å². The predicted octanol–water partition coefficient (Wildman–Crippen LogP) is 0.705. The van der Waals surface area contributed by atoms with Crippen molar-refractivity contribution in [3.05, 3.63) is 0 Å². The van der Waals surface area contributed by atoms with Gasteiger partial charge in [0.2, 0.25) is 5.91 Å². The normalized spacial score (nSPS) is 23.8. The van der Waals surface area contributed by atoms with Gasteiger partial charge in [-0.25, -0.2) is 4.79 Å². The summed E-state index contributed by atoms with van der Waals surface area (Å²) in [4.78, 5) is 24.8. The van der Waals surface area contributed by atoms with E-state index in [4.69, 9.17) is 0 Å². The third kappa shape index (κ3) is 2.95. The van der Waals surface area contributed by atoms with E-state index in [2.05, 4.69) is 10.6 Å². The van der Waals surface area contributed by atoms with Crippen molar-refractivity contribution in [2.75, 3.05) is 13.6 Å². The van der Waals surface area contributed by atoms with E-state index < -0.39 is 0 Å². The predicted molar refractivity (Wildman–Crippen MR) is 62.1 cm³/mol. The van der Waals surface area contributed by atoms with Gasteiger partial charge in [-0.05, 0) is 27.7 Å². The van der Waals surface area contributed by atoms with Crippen LogP contribution < -0.4 is 10.6 Å². The van der Waals surface area contributed by atoms with Crippen LogP contribution in [0.25, 0.3) is 0 Å². The molecule has 1 fully saturated rings. The highest BCUT2D eigenvalue weighted by Gasteiger charge is 2.39. The average Bonchev–Trinajstić information content (AvgIpc) is 2.17. The lowest BCUT2D eigenvalue weighted by Crippen LogP contribution is -2.54. The smallest absolute Gasteiger partial charge is 0.323 e. The largest absolute Gasteiger partial charge is 0.341 e. The quantitative estimate of drug-likeness (QED) is 0.640. The molecule has 0 radical (unpaired) electrons. The molecule has 0 spiro atoms. The van der Waals surface area contributed by atoms with E-state index in [1.54, 1.807) is 0 Å². The first kappa shape index (κ1) is 13.0. The number of carbonyl (C=O) groups is 2. The highest BCUT2D eigenvalue weighted by atomic mass is 16.2. The fraction of sp³-hybridized carbons (Fsp3) is 0.818. The van der Waals surface area contributed by atoms with Crippen molar-refractivity contribution in [1.82, 2.24) is 15.5 Å². The van der Waals surface area contributed by atoms with E-state index in [0.29, 0.717) is 13.0 Å². The Labute approximate surface area is 96.6 Å². The highest BCUT2D eigenvalue weighted by molar-refractivity contribution is 5.95. The Hall–Kier alpha value is -1.10. The van der Waals surface area contributed by atoms with E-state index in [1.807, 2.05) is 27.7 Å². The van der Waals surface area contributed by atoms with E-state index in [-0.39, 0.29) is 23.0 Å². The molecule has 5 heteroatoms. The number of carbonyl (C=O) groups excluding carboxylic acids is 2. The molecule has 0 atom stereocenters. The van der Waals surface area contributed by atoms with Crippen LogP contribution in [0.5, 0.6) is 0 Å². The average molecular weight is 227 g/mol. The van der Waals surface area contributed by atoms with Crippen molar-refractivity contribution < 1.29 is 9.59 Å². The maximum Gasteiger partial charge on any atom is 0.323 e. The topological polar surface area (TPSA) is 61.4 Å². The van der Waals surface area contributed by atoms with Gasteiger partial charge in [-0.2, -0.15) is 0 Å². The summed E-state index contributed by atoms with van der Waals surface area (Å²) in [6.45, 7) is 8.31. The van der Waals surface area contributed by atoms with Gasteiger partial charge in [0.05, 0.1) is 0 Å². The Kier molecular flexibility index (Phi) is 3.28. The van der Waals surface area contributed by atoms with Crippen molar-refractivity contribution >= 4 is 11.9 Å². The Morgan fingerprint density at radius 3 is 2.38 bits per heavy atom. The summed E-state index contributed by atoms with van der Waals surface area (Å²) in [6.07, 6.45) is 0.323. The Bertz CT molecular complexity index is 310. The molecule has 1 saturated heterocycles. The zero-order valence-electron chi connectivity index (χ0n) is 10.7. The number of imide groups is 1. The number of amides is 3. The van der Waals surface area contributed by atoms with Gasteiger partial charge in [0.15, 0.2) is 0 Å². The molecule has 92 valence electrons. The third-order valence-electron chi connectivity index (χ3n) is 2.58. The van der Waals surface area contributed by atoms with Crippen molar-refractivity contribution in [2.24, 2.45) is 0 Å². The van der Waals surface area contributed by atoms with Crippen LogP contribution in [0.2, 0.25) is 0 Å². The molecular formula is C11H21N3O2. The van der Waals surface area contributed by atoms with E-state index in [9.17, 15) is 9.59 Å². The van der Waals surface area contributed by atoms with Crippen LogP contribution in [0.4, 0.5) is 4.79 Å². The van der Waals surface area contributed by atoms with Gasteiger partial charge in [0, 0.05) is 31.1 Å². The maximum absolute atomic E-state index is 11.9. The summed E-state index contributed by atoms with van der Waals surface area (Å²) in [6, 6.07) is -0.336.